The second-order valence-corrected chi connectivity index (χ2v) is 6.25. The van der Waals surface area contributed by atoms with Gasteiger partial charge in [-0.15, -0.1) is 0 Å². The molecular formula is C17H14Cl2N2O2. The van der Waals surface area contributed by atoms with E-state index in [1.807, 2.05) is 0 Å². The highest BCUT2D eigenvalue weighted by atomic mass is 35.5. The summed E-state index contributed by atoms with van der Waals surface area (Å²) in [6, 6.07) is 11.6. The summed E-state index contributed by atoms with van der Waals surface area (Å²) < 4.78 is 0. The molecule has 1 fully saturated rings. The molecule has 2 N–H and O–H groups in total. The van der Waals surface area contributed by atoms with Crippen LogP contribution in [0.3, 0.4) is 0 Å². The monoisotopic (exact) mass is 348 g/mol. The van der Waals surface area contributed by atoms with Crippen LogP contribution in [0.25, 0.3) is 0 Å². The van der Waals surface area contributed by atoms with E-state index < -0.39 is 0 Å². The number of carbonyl (C=O) groups is 2. The predicted octanol–water partition coefficient (Wildman–Crippen LogP) is 4.14. The Morgan fingerprint density at radius 3 is 2.13 bits per heavy atom. The number of benzene rings is 2. The summed E-state index contributed by atoms with van der Waals surface area (Å²) >= 11 is 11.9. The first-order chi connectivity index (χ1) is 11.0. The zero-order chi connectivity index (χ0) is 16.4. The van der Waals surface area contributed by atoms with E-state index in [2.05, 4.69) is 10.6 Å². The minimum atomic E-state index is -0.316. The fourth-order valence-electron chi connectivity index (χ4n) is 2.06. The molecule has 2 amide bonds. The van der Waals surface area contributed by atoms with Crippen LogP contribution in [-0.2, 0) is 0 Å². The van der Waals surface area contributed by atoms with Crippen molar-refractivity contribution in [3.63, 3.8) is 0 Å². The molecule has 0 bridgehead atoms. The Kier molecular flexibility index (Phi) is 4.55. The molecular weight excluding hydrogens is 335 g/mol. The van der Waals surface area contributed by atoms with Gasteiger partial charge in [-0.05, 0) is 55.3 Å². The van der Waals surface area contributed by atoms with E-state index >= 15 is 0 Å². The molecule has 1 saturated carbocycles. The molecule has 23 heavy (non-hydrogen) atoms. The van der Waals surface area contributed by atoms with Crippen LogP contribution in [0.1, 0.15) is 33.6 Å². The van der Waals surface area contributed by atoms with Crippen molar-refractivity contribution < 1.29 is 9.59 Å². The number of halogens is 2. The van der Waals surface area contributed by atoms with Crippen molar-refractivity contribution >= 4 is 40.7 Å². The minimum absolute atomic E-state index is 0.114. The summed E-state index contributed by atoms with van der Waals surface area (Å²) in [7, 11) is 0. The quantitative estimate of drug-likeness (QED) is 0.872. The third kappa shape index (κ3) is 4.03. The third-order valence-corrected chi connectivity index (χ3v) is 4.06. The van der Waals surface area contributed by atoms with Gasteiger partial charge in [0.05, 0.1) is 10.7 Å². The van der Waals surface area contributed by atoms with Gasteiger partial charge in [-0.2, -0.15) is 0 Å². The van der Waals surface area contributed by atoms with Crippen molar-refractivity contribution in [3.8, 4) is 0 Å². The van der Waals surface area contributed by atoms with Crippen molar-refractivity contribution in [2.75, 3.05) is 5.32 Å². The predicted molar refractivity (Wildman–Crippen MR) is 91.3 cm³/mol. The van der Waals surface area contributed by atoms with Gasteiger partial charge >= 0.3 is 0 Å². The van der Waals surface area contributed by atoms with Crippen LogP contribution in [0.15, 0.2) is 42.5 Å². The molecule has 1 aliphatic rings. The Labute approximate surface area is 143 Å². The normalized spacial score (nSPS) is 13.5. The van der Waals surface area contributed by atoms with E-state index in [9.17, 15) is 9.59 Å². The van der Waals surface area contributed by atoms with Crippen LogP contribution in [0.5, 0.6) is 0 Å². The third-order valence-electron chi connectivity index (χ3n) is 3.50. The first-order valence-corrected chi connectivity index (χ1v) is 7.96. The number of nitrogens with one attached hydrogen (secondary N) is 2. The molecule has 0 radical (unpaired) electrons. The van der Waals surface area contributed by atoms with Gasteiger partial charge in [0.1, 0.15) is 0 Å². The first-order valence-electron chi connectivity index (χ1n) is 7.20. The van der Waals surface area contributed by atoms with Crippen molar-refractivity contribution in [3.05, 3.63) is 63.6 Å². The molecule has 2 aromatic rings. The molecule has 0 spiro atoms. The Morgan fingerprint density at radius 1 is 0.913 bits per heavy atom. The van der Waals surface area contributed by atoms with Gasteiger partial charge in [-0.1, -0.05) is 23.2 Å². The maximum absolute atomic E-state index is 12.2. The Morgan fingerprint density at radius 2 is 1.52 bits per heavy atom. The topological polar surface area (TPSA) is 58.2 Å². The molecule has 0 saturated heterocycles. The molecule has 1 aliphatic carbocycles. The van der Waals surface area contributed by atoms with Crippen LogP contribution in [-0.4, -0.2) is 17.9 Å². The summed E-state index contributed by atoms with van der Waals surface area (Å²) in [6.45, 7) is 0. The van der Waals surface area contributed by atoms with Crippen LogP contribution >= 0.6 is 23.2 Å². The largest absolute Gasteiger partial charge is 0.349 e. The summed E-state index contributed by atoms with van der Waals surface area (Å²) in [5.41, 5.74) is 1.41. The number of hydrogen-bond acceptors (Lipinski definition) is 2. The van der Waals surface area contributed by atoms with Crippen molar-refractivity contribution in [1.82, 2.24) is 5.32 Å². The summed E-state index contributed by atoms with van der Waals surface area (Å²) in [4.78, 5) is 24.1. The van der Waals surface area contributed by atoms with Crippen LogP contribution in [0.2, 0.25) is 10.0 Å². The molecule has 0 atom stereocenters. The Balaban J connectivity index is 1.69. The van der Waals surface area contributed by atoms with E-state index in [1.165, 1.54) is 0 Å². The molecule has 2 aromatic carbocycles. The van der Waals surface area contributed by atoms with Crippen molar-refractivity contribution in [2.45, 2.75) is 18.9 Å². The van der Waals surface area contributed by atoms with Gasteiger partial charge in [-0.3, -0.25) is 9.59 Å². The standard InChI is InChI=1S/C17H14Cl2N2O2/c18-12-5-8-14(19)15(9-12)21-17(23)11-3-1-10(2-4-11)16(22)20-13-6-7-13/h1-5,8-9,13H,6-7H2,(H,20,22)(H,21,23). The van der Waals surface area contributed by atoms with Crippen molar-refractivity contribution in [1.29, 1.82) is 0 Å². The Hall–Kier alpha value is -2.04. The lowest BCUT2D eigenvalue weighted by molar-refractivity contribution is 0.0949. The van der Waals surface area contributed by atoms with Gasteiger partial charge < -0.3 is 10.6 Å². The summed E-state index contributed by atoms with van der Waals surface area (Å²) in [6.07, 6.45) is 2.07. The molecule has 6 heteroatoms. The molecule has 0 aliphatic heterocycles. The zero-order valence-corrected chi connectivity index (χ0v) is 13.6. The highest BCUT2D eigenvalue weighted by Crippen LogP contribution is 2.26. The first kappa shape index (κ1) is 15.8. The molecule has 0 heterocycles. The number of amides is 2. The fraction of sp³-hybridized carbons (Fsp3) is 0.176. The highest BCUT2D eigenvalue weighted by Gasteiger charge is 2.23. The maximum atomic E-state index is 12.2. The van der Waals surface area contributed by atoms with Crippen LogP contribution in [0.4, 0.5) is 5.69 Å². The second kappa shape index (κ2) is 6.60. The van der Waals surface area contributed by atoms with Gasteiger partial charge in [-0.25, -0.2) is 0 Å². The minimum Gasteiger partial charge on any atom is -0.349 e. The van der Waals surface area contributed by atoms with Gasteiger partial charge in [0.2, 0.25) is 0 Å². The molecule has 4 nitrogen and oxygen atoms in total. The average Bonchev–Trinajstić information content (AvgIpc) is 3.35. The molecule has 118 valence electrons. The van der Waals surface area contributed by atoms with E-state index in [0.717, 1.165) is 12.8 Å². The van der Waals surface area contributed by atoms with E-state index in [4.69, 9.17) is 23.2 Å². The van der Waals surface area contributed by atoms with E-state index in [0.29, 0.717) is 32.9 Å². The van der Waals surface area contributed by atoms with E-state index in [1.54, 1.807) is 42.5 Å². The number of anilines is 1. The van der Waals surface area contributed by atoms with Gasteiger partial charge in [0.25, 0.3) is 11.8 Å². The lowest BCUT2D eigenvalue weighted by atomic mass is 10.1. The van der Waals surface area contributed by atoms with Crippen LogP contribution < -0.4 is 10.6 Å². The average molecular weight is 349 g/mol. The lowest BCUT2D eigenvalue weighted by Crippen LogP contribution is -2.25. The number of carbonyl (C=O) groups excluding carboxylic acids is 2. The maximum Gasteiger partial charge on any atom is 0.255 e. The fourth-order valence-corrected chi connectivity index (χ4v) is 2.39. The van der Waals surface area contributed by atoms with Crippen LogP contribution in [0, 0.1) is 0 Å². The summed E-state index contributed by atoms with van der Waals surface area (Å²) in [5.74, 6) is -0.430. The molecule has 0 aromatic heterocycles. The zero-order valence-electron chi connectivity index (χ0n) is 12.1. The Bertz CT molecular complexity index is 756. The van der Waals surface area contributed by atoms with E-state index in [-0.39, 0.29) is 11.8 Å². The second-order valence-electron chi connectivity index (χ2n) is 5.40. The van der Waals surface area contributed by atoms with Crippen molar-refractivity contribution in [2.24, 2.45) is 0 Å². The SMILES string of the molecule is O=C(Nc1cc(Cl)ccc1Cl)c1ccc(C(=O)NC2CC2)cc1. The van der Waals surface area contributed by atoms with Gasteiger partial charge in [0.15, 0.2) is 0 Å². The lowest BCUT2D eigenvalue weighted by Gasteiger charge is -2.08. The number of hydrogen-bond donors (Lipinski definition) is 2. The van der Waals surface area contributed by atoms with Gasteiger partial charge in [0, 0.05) is 22.2 Å². The number of rotatable bonds is 4. The highest BCUT2D eigenvalue weighted by molar-refractivity contribution is 6.35. The molecule has 0 unspecified atom stereocenters. The smallest absolute Gasteiger partial charge is 0.255 e. The summed E-state index contributed by atoms with van der Waals surface area (Å²) in [5, 5.41) is 6.49. The molecule has 3 rings (SSSR count).